The molecule has 1 fully saturated rings. The molecule has 1 atom stereocenters. The van der Waals surface area contributed by atoms with Crippen LogP contribution in [0.5, 0.6) is 5.19 Å². The zero-order valence-corrected chi connectivity index (χ0v) is 13.5. The van der Waals surface area contributed by atoms with Crippen LogP contribution < -0.4 is 4.74 Å². The van der Waals surface area contributed by atoms with Gasteiger partial charge in [-0.05, 0) is 24.1 Å². The molecule has 1 saturated heterocycles. The van der Waals surface area contributed by atoms with Crippen LogP contribution in [-0.4, -0.2) is 35.0 Å². The van der Waals surface area contributed by atoms with E-state index < -0.39 is 0 Å². The summed E-state index contributed by atoms with van der Waals surface area (Å²) in [6, 6.07) is 9.48. The van der Waals surface area contributed by atoms with Crippen molar-refractivity contribution in [3.63, 3.8) is 0 Å². The first-order valence-corrected chi connectivity index (χ1v) is 8.45. The van der Waals surface area contributed by atoms with E-state index in [1.165, 1.54) is 11.3 Å². The highest BCUT2D eigenvalue weighted by Gasteiger charge is 2.27. The van der Waals surface area contributed by atoms with Crippen molar-refractivity contribution in [2.75, 3.05) is 13.1 Å². The first kappa shape index (κ1) is 15.5. The van der Waals surface area contributed by atoms with Crippen LogP contribution in [0.3, 0.4) is 0 Å². The Labute approximate surface area is 139 Å². The summed E-state index contributed by atoms with van der Waals surface area (Å²) in [7, 11) is 0. The number of likely N-dealkylation sites (tertiary alicyclic amines) is 1. The van der Waals surface area contributed by atoms with Crippen LogP contribution in [0.2, 0.25) is 0 Å². The molecule has 6 heteroatoms. The Morgan fingerprint density at radius 1 is 1.43 bits per heavy atom. The number of hydrogen-bond donors (Lipinski definition) is 0. The SMILES string of the molecule is N#Cc1ccc(CCC(=O)N2CCC(Oc3nccs3)C2)cc1. The van der Waals surface area contributed by atoms with E-state index >= 15 is 0 Å². The highest BCUT2D eigenvalue weighted by molar-refractivity contribution is 7.11. The third-order valence-corrected chi connectivity index (χ3v) is 4.55. The van der Waals surface area contributed by atoms with E-state index in [-0.39, 0.29) is 12.0 Å². The van der Waals surface area contributed by atoms with Gasteiger partial charge in [-0.2, -0.15) is 5.26 Å². The van der Waals surface area contributed by atoms with Crippen molar-refractivity contribution in [3.05, 3.63) is 47.0 Å². The van der Waals surface area contributed by atoms with Gasteiger partial charge in [0.1, 0.15) is 6.10 Å². The van der Waals surface area contributed by atoms with Crippen molar-refractivity contribution >= 4 is 17.2 Å². The third kappa shape index (κ3) is 4.08. The Hall–Kier alpha value is -2.39. The van der Waals surface area contributed by atoms with Crippen LogP contribution in [0, 0.1) is 11.3 Å². The van der Waals surface area contributed by atoms with Crippen LogP contribution in [-0.2, 0) is 11.2 Å². The lowest BCUT2D eigenvalue weighted by atomic mass is 10.1. The van der Waals surface area contributed by atoms with Crippen LogP contribution in [0.1, 0.15) is 24.0 Å². The summed E-state index contributed by atoms with van der Waals surface area (Å²) in [5.74, 6) is 0.152. The fourth-order valence-corrected chi connectivity index (χ4v) is 3.17. The Kier molecular flexibility index (Phi) is 4.89. The Balaban J connectivity index is 1.46. The minimum atomic E-state index is 0.0417. The Bertz CT molecular complexity index is 692. The van der Waals surface area contributed by atoms with E-state index in [1.807, 2.05) is 22.4 Å². The van der Waals surface area contributed by atoms with Gasteiger partial charge in [-0.25, -0.2) is 4.98 Å². The number of aryl methyl sites for hydroxylation is 1. The van der Waals surface area contributed by atoms with Crippen molar-refractivity contribution in [2.24, 2.45) is 0 Å². The van der Waals surface area contributed by atoms with Gasteiger partial charge >= 0.3 is 0 Å². The number of aromatic nitrogens is 1. The smallest absolute Gasteiger partial charge is 0.273 e. The molecule has 1 aromatic carbocycles. The summed E-state index contributed by atoms with van der Waals surface area (Å²) in [5, 5.41) is 11.3. The number of benzene rings is 1. The largest absolute Gasteiger partial charge is 0.465 e. The number of carbonyl (C=O) groups excluding carboxylic acids is 1. The highest BCUT2D eigenvalue weighted by atomic mass is 32.1. The standard InChI is InChI=1S/C17H17N3O2S/c18-11-14-3-1-13(2-4-14)5-6-16(21)20-9-7-15(12-20)22-17-19-8-10-23-17/h1-4,8,10,15H,5-7,9,12H2. The summed E-state index contributed by atoms with van der Waals surface area (Å²) in [4.78, 5) is 18.3. The van der Waals surface area contributed by atoms with E-state index in [2.05, 4.69) is 11.1 Å². The summed E-state index contributed by atoms with van der Waals surface area (Å²) in [6.07, 6.45) is 3.78. The molecular formula is C17H17N3O2S. The molecule has 1 amide bonds. The van der Waals surface area contributed by atoms with Gasteiger partial charge in [0.25, 0.3) is 5.19 Å². The molecule has 5 nitrogen and oxygen atoms in total. The number of amides is 1. The van der Waals surface area contributed by atoms with Gasteiger partial charge in [-0.1, -0.05) is 23.5 Å². The van der Waals surface area contributed by atoms with E-state index in [4.69, 9.17) is 10.00 Å². The fraction of sp³-hybridized carbons (Fsp3) is 0.353. The van der Waals surface area contributed by atoms with Gasteiger partial charge < -0.3 is 9.64 Å². The van der Waals surface area contributed by atoms with E-state index in [0.29, 0.717) is 30.1 Å². The monoisotopic (exact) mass is 327 g/mol. The number of carbonyl (C=O) groups is 1. The number of nitrogens with zero attached hydrogens (tertiary/aromatic N) is 3. The van der Waals surface area contributed by atoms with Crippen molar-refractivity contribution in [2.45, 2.75) is 25.4 Å². The molecule has 1 unspecified atom stereocenters. The fourth-order valence-electron chi connectivity index (χ4n) is 2.62. The summed E-state index contributed by atoms with van der Waals surface area (Å²) in [6.45, 7) is 1.37. The summed E-state index contributed by atoms with van der Waals surface area (Å²) < 4.78 is 5.77. The average Bonchev–Trinajstić information content (AvgIpc) is 3.25. The normalized spacial score (nSPS) is 17.0. The van der Waals surface area contributed by atoms with Gasteiger partial charge in [-0.3, -0.25) is 4.79 Å². The van der Waals surface area contributed by atoms with Crippen LogP contribution in [0.4, 0.5) is 0 Å². The van der Waals surface area contributed by atoms with Crippen molar-refractivity contribution in [1.29, 1.82) is 5.26 Å². The molecule has 0 N–H and O–H groups in total. The number of nitriles is 1. The van der Waals surface area contributed by atoms with E-state index in [0.717, 1.165) is 18.5 Å². The van der Waals surface area contributed by atoms with Crippen molar-refractivity contribution in [3.8, 4) is 11.3 Å². The average molecular weight is 327 g/mol. The zero-order valence-electron chi connectivity index (χ0n) is 12.6. The third-order valence-electron chi connectivity index (χ3n) is 3.89. The van der Waals surface area contributed by atoms with Crippen LogP contribution >= 0.6 is 11.3 Å². The molecule has 1 aliphatic rings. The molecule has 0 spiro atoms. The maximum Gasteiger partial charge on any atom is 0.273 e. The van der Waals surface area contributed by atoms with Crippen molar-refractivity contribution in [1.82, 2.24) is 9.88 Å². The number of rotatable bonds is 5. The summed E-state index contributed by atoms with van der Waals surface area (Å²) >= 11 is 1.47. The molecule has 2 heterocycles. The second-order valence-electron chi connectivity index (χ2n) is 5.48. The first-order valence-electron chi connectivity index (χ1n) is 7.57. The van der Waals surface area contributed by atoms with E-state index in [9.17, 15) is 4.79 Å². The first-order chi connectivity index (χ1) is 11.2. The lowest BCUT2D eigenvalue weighted by Gasteiger charge is -2.16. The minimum absolute atomic E-state index is 0.0417. The Morgan fingerprint density at radius 2 is 2.26 bits per heavy atom. The molecule has 0 saturated carbocycles. The van der Waals surface area contributed by atoms with Crippen LogP contribution in [0.15, 0.2) is 35.8 Å². The molecule has 0 aliphatic carbocycles. The van der Waals surface area contributed by atoms with E-state index in [1.54, 1.807) is 18.3 Å². The molecule has 2 aromatic rings. The zero-order chi connectivity index (χ0) is 16.1. The molecule has 118 valence electrons. The molecule has 23 heavy (non-hydrogen) atoms. The minimum Gasteiger partial charge on any atom is -0.465 e. The van der Waals surface area contributed by atoms with Gasteiger partial charge in [0.15, 0.2) is 0 Å². The van der Waals surface area contributed by atoms with Gasteiger partial charge in [0, 0.05) is 31.0 Å². The molecule has 1 aromatic heterocycles. The second kappa shape index (κ2) is 7.25. The van der Waals surface area contributed by atoms with Crippen LogP contribution in [0.25, 0.3) is 0 Å². The van der Waals surface area contributed by atoms with Gasteiger partial charge in [0.2, 0.25) is 5.91 Å². The number of hydrogen-bond acceptors (Lipinski definition) is 5. The molecule has 1 aliphatic heterocycles. The molecule has 0 radical (unpaired) electrons. The van der Waals surface area contributed by atoms with Gasteiger partial charge in [-0.15, -0.1) is 0 Å². The maximum atomic E-state index is 12.3. The second-order valence-corrected chi connectivity index (χ2v) is 6.33. The molecule has 3 rings (SSSR count). The Morgan fingerprint density at radius 3 is 2.96 bits per heavy atom. The highest BCUT2D eigenvalue weighted by Crippen LogP contribution is 2.21. The number of ether oxygens (including phenoxy) is 1. The quantitative estimate of drug-likeness (QED) is 0.847. The number of thiazole rings is 1. The topological polar surface area (TPSA) is 66.2 Å². The lowest BCUT2D eigenvalue weighted by Crippen LogP contribution is -2.31. The van der Waals surface area contributed by atoms with Crippen molar-refractivity contribution < 1.29 is 9.53 Å². The van der Waals surface area contributed by atoms with Gasteiger partial charge in [0.05, 0.1) is 18.2 Å². The molecule has 0 bridgehead atoms. The maximum absolute atomic E-state index is 12.3. The predicted octanol–water partition coefficient (Wildman–Crippen LogP) is 2.63. The lowest BCUT2D eigenvalue weighted by molar-refractivity contribution is -0.130. The molecular weight excluding hydrogens is 310 g/mol. The summed E-state index contributed by atoms with van der Waals surface area (Å²) in [5.41, 5.74) is 1.72. The predicted molar refractivity (Wildman–Crippen MR) is 87.2 cm³/mol.